The molecule has 0 aromatic heterocycles. The van der Waals surface area contributed by atoms with Crippen molar-refractivity contribution in [2.45, 2.75) is 56.6 Å². The molecular weight excluding hydrogens is 404 g/mol. The Morgan fingerprint density at radius 3 is 2.07 bits per heavy atom. The van der Waals surface area contributed by atoms with E-state index in [-0.39, 0.29) is 12.4 Å². The standard InChI is InChI=1S/C15H23ClN2O10/c1-6(19)9(22)11-15(26,8(3)21)14(25,7(2)20)10(23)12(27-11)28-18(5-4-16)13(17)24/h6,10-12,19,23,25-26H,4-5H2,1-3H3,(H2,17,24)/t6?,10-,11+,12+,14+,15+/m0/s1. The number of carbonyl (C=O) groups is 4. The summed E-state index contributed by atoms with van der Waals surface area (Å²) in [5.41, 5.74) is -1.45. The molecule has 1 aliphatic heterocycles. The van der Waals surface area contributed by atoms with Crippen LogP contribution in [0, 0.1) is 0 Å². The van der Waals surface area contributed by atoms with Crippen LogP contribution in [0.5, 0.6) is 0 Å². The zero-order chi connectivity index (χ0) is 22.0. The van der Waals surface area contributed by atoms with Gasteiger partial charge in [0.1, 0.15) is 12.2 Å². The summed E-state index contributed by atoms with van der Waals surface area (Å²) in [4.78, 5) is 53.1. The lowest BCUT2D eigenvalue weighted by Gasteiger charge is -2.52. The van der Waals surface area contributed by atoms with Crippen molar-refractivity contribution in [1.82, 2.24) is 5.06 Å². The smallest absolute Gasteiger partial charge is 0.338 e. The molecule has 0 aromatic carbocycles. The van der Waals surface area contributed by atoms with Crippen LogP contribution >= 0.6 is 11.6 Å². The average Bonchev–Trinajstić information content (AvgIpc) is 2.59. The van der Waals surface area contributed by atoms with Gasteiger partial charge < -0.3 is 30.9 Å². The van der Waals surface area contributed by atoms with Gasteiger partial charge in [0.25, 0.3) is 0 Å². The maximum Gasteiger partial charge on any atom is 0.338 e. The van der Waals surface area contributed by atoms with Crippen LogP contribution in [0.1, 0.15) is 20.8 Å². The number of alkyl halides is 1. The number of hydroxylamine groups is 2. The zero-order valence-corrected chi connectivity index (χ0v) is 16.1. The summed E-state index contributed by atoms with van der Waals surface area (Å²) < 4.78 is 5.11. The third-order valence-corrected chi connectivity index (χ3v) is 4.59. The van der Waals surface area contributed by atoms with Crippen molar-refractivity contribution in [2.24, 2.45) is 5.73 Å². The van der Waals surface area contributed by atoms with Gasteiger partial charge in [-0.1, -0.05) is 0 Å². The van der Waals surface area contributed by atoms with Gasteiger partial charge in [-0.2, -0.15) is 5.06 Å². The average molecular weight is 427 g/mol. The highest BCUT2D eigenvalue weighted by Gasteiger charge is 2.72. The third-order valence-electron chi connectivity index (χ3n) is 4.42. The van der Waals surface area contributed by atoms with Gasteiger partial charge in [0, 0.05) is 5.88 Å². The van der Waals surface area contributed by atoms with E-state index < -0.39 is 59.2 Å². The number of ketones is 3. The van der Waals surface area contributed by atoms with E-state index in [0.717, 1.165) is 20.8 Å². The van der Waals surface area contributed by atoms with E-state index in [1.807, 2.05) is 0 Å². The molecule has 0 aromatic rings. The molecular formula is C15H23ClN2O10. The predicted octanol–water partition coefficient (Wildman–Crippen LogP) is -2.79. The van der Waals surface area contributed by atoms with E-state index in [1.165, 1.54) is 0 Å². The van der Waals surface area contributed by atoms with E-state index >= 15 is 0 Å². The van der Waals surface area contributed by atoms with Crippen LogP contribution in [0.25, 0.3) is 0 Å². The Morgan fingerprint density at radius 1 is 1.21 bits per heavy atom. The van der Waals surface area contributed by atoms with Crippen molar-refractivity contribution in [1.29, 1.82) is 0 Å². The summed E-state index contributed by atoms with van der Waals surface area (Å²) in [6.07, 6.45) is -8.66. The topological polar surface area (TPSA) is 197 Å². The number of nitrogens with zero attached hydrogens (tertiary/aromatic N) is 1. The van der Waals surface area contributed by atoms with E-state index in [4.69, 9.17) is 26.9 Å². The lowest BCUT2D eigenvalue weighted by atomic mass is 9.67. The van der Waals surface area contributed by atoms with Crippen molar-refractivity contribution >= 4 is 35.0 Å². The summed E-state index contributed by atoms with van der Waals surface area (Å²) in [5.74, 6) is -4.06. The number of aliphatic hydroxyl groups excluding tert-OH is 2. The first-order valence-corrected chi connectivity index (χ1v) is 8.62. The number of hydrogen-bond donors (Lipinski definition) is 5. The Morgan fingerprint density at radius 2 is 1.71 bits per heavy atom. The van der Waals surface area contributed by atoms with Crippen LogP contribution in [0.15, 0.2) is 0 Å². The molecule has 13 heteroatoms. The van der Waals surface area contributed by atoms with Crippen molar-refractivity contribution < 1.29 is 49.2 Å². The number of rotatable bonds is 8. The minimum absolute atomic E-state index is 0.170. The Labute approximate surface area is 164 Å². The number of hydrogen-bond acceptors (Lipinski definition) is 10. The van der Waals surface area contributed by atoms with E-state index in [9.17, 15) is 39.6 Å². The molecule has 0 saturated carbocycles. The number of carbonyl (C=O) groups excluding carboxylic acids is 4. The molecule has 1 saturated heterocycles. The van der Waals surface area contributed by atoms with E-state index in [0.29, 0.717) is 5.06 Å². The van der Waals surface area contributed by atoms with Crippen LogP contribution < -0.4 is 5.73 Å². The van der Waals surface area contributed by atoms with Gasteiger partial charge in [0.2, 0.25) is 6.29 Å². The van der Waals surface area contributed by atoms with Crippen molar-refractivity contribution in [3.8, 4) is 0 Å². The van der Waals surface area contributed by atoms with E-state index in [2.05, 4.69) is 0 Å². The summed E-state index contributed by atoms with van der Waals surface area (Å²) in [6.45, 7) is 2.17. The zero-order valence-electron chi connectivity index (χ0n) is 15.4. The normalized spacial score (nSPS) is 33.8. The number of primary amides is 1. The fourth-order valence-corrected chi connectivity index (χ4v) is 3.00. The van der Waals surface area contributed by atoms with Crippen molar-refractivity contribution in [3.63, 3.8) is 0 Å². The molecule has 6 N–H and O–H groups in total. The summed E-state index contributed by atoms with van der Waals surface area (Å²) >= 11 is 5.50. The first-order chi connectivity index (χ1) is 12.8. The number of halogens is 1. The van der Waals surface area contributed by atoms with Crippen LogP contribution in [0.3, 0.4) is 0 Å². The second-order valence-electron chi connectivity index (χ2n) is 6.29. The van der Waals surface area contributed by atoms with Gasteiger partial charge >= 0.3 is 6.03 Å². The fourth-order valence-electron chi connectivity index (χ4n) is 2.85. The lowest BCUT2D eigenvalue weighted by molar-refractivity contribution is -0.368. The molecule has 0 spiro atoms. The highest BCUT2D eigenvalue weighted by Crippen LogP contribution is 2.41. The molecule has 1 heterocycles. The highest BCUT2D eigenvalue weighted by atomic mass is 35.5. The SMILES string of the molecule is CC(=O)[C@@]1(O)[C@@H](C(=O)C(C)O)O[C@H](ON(CCCl)C(N)=O)[C@H](O)[C@]1(O)C(C)=O. The first-order valence-electron chi connectivity index (χ1n) is 8.08. The molecule has 2 amide bonds. The van der Waals surface area contributed by atoms with Gasteiger partial charge in [-0.05, 0) is 20.8 Å². The molecule has 12 nitrogen and oxygen atoms in total. The van der Waals surface area contributed by atoms with Crippen LogP contribution in [-0.4, -0.2) is 97.1 Å². The molecule has 160 valence electrons. The van der Waals surface area contributed by atoms with Crippen LogP contribution in [0.2, 0.25) is 0 Å². The molecule has 1 rings (SSSR count). The van der Waals surface area contributed by atoms with Gasteiger partial charge in [0.15, 0.2) is 34.7 Å². The molecule has 1 aliphatic rings. The van der Waals surface area contributed by atoms with E-state index in [1.54, 1.807) is 0 Å². The monoisotopic (exact) mass is 426 g/mol. The molecule has 28 heavy (non-hydrogen) atoms. The highest BCUT2D eigenvalue weighted by molar-refractivity contribution is 6.18. The van der Waals surface area contributed by atoms with Gasteiger partial charge in [-0.15, -0.1) is 11.6 Å². The largest absolute Gasteiger partial charge is 0.386 e. The summed E-state index contributed by atoms with van der Waals surface area (Å²) in [6, 6.07) is -1.19. The molecule has 1 unspecified atom stereocenters. The van der Waals surface area contributed by atoms with Gasteiger partial charge in [0.05, 0.1) is 6.54 Å². The Hall–Kier alpha value is -1.67. The first kappa shape index (κ1) is 24.4. The minimum atomic E-state index is -3.28. The number of nitrogens with two attached hydrogens (primary N) is 1. The maximum absolute atomic E-state index is 12.4. The molecule has 0 aliphatic carbocycles. The molecule has 0 bridgehead atoms. The molecule has 1 fully saturated rings. The number of Topliss-reactive ketones (excluding diaryl/α,β-unsaturated/α-hetero) is 3. The predicted molar refractivity (Wildman–Crippen MR) is 90.7 cm³/mol. The fraction of sp³-hybridized carbons (Fsp3) is 0.733. The van der Waals surface area contributed by atoms with Crippen LogP contribution in [-0.2, 0) is 24.0 Å². The Kier molecular flexibility index (Phi) is 7.64. The van der Waals surface area contributed by atoms with Gasteiger partial charge in [-0.3, -0.25) is 14.4 Å². The van der Waals surface area contributed by atoms with Crippen molar-refractivity contribution in [3.05, 3.63) is 0 Å². The summed E-state index contributed by atoms with van der Waals surface area (Å²) in [7, 11) is 0. The second kappa shape index (κ2) is 8.78. The number of amides is 2. The Bertz CT molecular complexity index is 659. The molecule has 0 radical (unpaired) electrons. The number of ether oxygens (including phenoxy) is 1. The third kappa shape index (κ3) is 3.89. The lowest BCUT2D eigenvalue weighted by Crippen LogP contribution is -2.81. The van der Waals surface area contributed by atoms with Crippen molar-refractivity contribution in [2.75, 3.05) is 12.4 Å². The minimum Gasteiger partial charge on any atom is -0.386 e. The number of urea groups is 1. The number of aliphatic hydroxyl groups is 4. The summed E-state index contributed by atoms with van der Waals surface area (Å²) in [5, 5.41) is 42.1. The quantitative estimate of drug-likeness (QED) is 0.200. The maximum atomic E-state index is 12.4. The second-order valence-corrected chi connectivity index (χ2v) is 6.67. The van der Waals surface area contributed by atoms with Gasteiger partial charge in [-0.25, -0.2) is 9.63 Å². The van der Waals surface area contributed by atoms with Crippen LogP contribution in [0.4, 0.5) is 4.79 Å². The Balaban J connectivity index is 3.55. The molecule has 6 atom stereocenters.